The zero-order chi connectivity index (χ0) is 13.0. The summed E-state index contributed by atoms with van der Waals surface area (Å²) in [5.74, 6) is -0.888. The molecule has 0 radical (unpaired) electrons. The van der Waals surface area contributed by atoms with Crippen LogP contribution in [0.1, 0.15) is 18.4 Å². The standard InChI is InChI=1S/C13H15NO4/c15-12(16)8-11-6-7-14(11)13(17)18-9-10-4-2-1-3-5-10/h1-5,11H,6-9H2,(H,15,16). The molecule has 1 atom stereocenters. The zero-order valence-corrected chi connectivity index (χ0v) is 9.91. The normalized spacial score (nSPS) is 18.0. The lowest BCUT2D eigenvalue weighted by Gasteiger charge is -2.39. The van der Waals surface area contributed by atoms with E-state index in [2.05, 4.69) is 0 Å². The second kappa shape index (κ2) is 5.53. The second-order valence-electron chi connectivity index (χ2n) is 4.27. The van der Waals surface area contributed by atoms with Crippen molar-refractivity contribution in [1.29, 1.82) is 0 Å². The van der Waals surface area contributed by atoms with Crippen LogP contribution in [0.4, 0.5) is 4.79 Å². The van der Waals surface area contributed by atoms with E-state index in [-0.39, 0.29) is 19.1 Å². The summed E-state index contributed by atoms with van der Waals surface area (Å²) in [6, 6.07) is 9.17. The Morgan fingerprint density at radius 3 is 2.61 bits per heavy atom. The van der Waals surface area contributed by atoms with Gasteiger partial charge in [0.25, 0.3) is 0 Å². The Morgan fingerprint density at radius 2 is 2.06 bits per heavy atom. The summed E-state index contributed by atoms with van der Waals surface area (Å²) in [6.45, 7) is 0.793. The van der Waals surface area contributed by atoms with Crippen LogP contribution in [0.5, 0.6) is 0 Å². The molecule has 1 N–H and O–H groups in total. The van der Waals surface area contributed by atoms with Gasteiger partial charge in [-0.1, -0.05) is 30.3 Å². The molecule has 0 bridgehead atoms. The van der Waals surface area contributed by atoms with Crippen molar-refractivity contribution in [2.75, 3.05) is 6.54 Å². The van der Waals surface area contributed by atoms with Crippen molar-refractivity contribution in [3.05, 3.63) is 35.9 Å². The van der Waals surface area contributed by atoms with Crippen LogP contribution in [0.25, 0.3) is 0 Å². The molecule has 1 heterocycles. The number of carboxylic acid groups (broad SMARTS) is 1. The van der Waals surface area contributed by atoms with Gasteiger partial charge in [0.2, 0.25) is 0 Å². The zero-order valence-electron chi connectivity index (χ0n) is 9.91. The molecule has 1 saturated heterocycles. The molecular formula is C13H15NO4. The predicted octanol–water partition coefficient (Wildman–Crippen LogP) is 1.87. The molecule has 0 aromatic heterocycles. The lowest BCUT2D eigenvalue weighted by Crippen LogP contribution is -2.52. The Morgan fingerprint density at radius 1 is 1.33 bits per heavy atom. The molecule has 0 aliphatic carbocycles. The molecule has 96 valence electrons. The third-order valence-electron chi connectivity index (χ3n) is 2.99. The van der Waals surface area contributed by atoms with E-state index in [0.29, 0.717) is 6.54 Å². The Kier molecular flexibility index (Phi) is 3.82. The number of carbonyl (C=O) groups is 2. The largest absolute Gasteiger partial charge is 0.481 e. The van der Waals surface area contributed by atoms with E-state index < -0.39 is 12.1 Å². The topological polar surface area (TPSA) is 66.8 Å². The maximum Gasteiger partial charge on any atom is 0.410 e. The van der Waals surface area contributed by atoms with Crippen molar-refractivity contribution >= 4 is 12.1 Å². The molecule has 0 saturated carbocycles. The first-order chi connectivity index (χ1) is 8.66. The molecule has 0 spiro atoms. The SMILES string of the molecule is O=C(O)CC1CCN1C(=O)OCc1ccccc1. The molecule has 5 nitrogen and oxygen atoms in total. The number of aliphatic carboxylic acids is 1. The minimum absolute atomic E-state index is 0.0135. The van der Waals surface area contributed by atoms with Crippen LogP contribution in [0, 0.1) is 0 Å². The van der Waals surface area contributed by atoms with Gasteiger partial charge in [-0.3, -0.25) is 4.79 Å². The van der Waals surface area contributed by atoms with Crippen molar-refractivity contribution < 1.29 is 19.4 Å². The van der Waals surface area contributed by atoms with Gasteiger partial charge in [0, 0.05) is 12.6 Å². The molecule has 1 aliphatic heterocycles. The van der Waals surface area contributed by atoms with Gasteiger partial charge < -0.3 is 14.7 Å². The highest BCUT2D eigenvalue weighted by Crippen LogP contribution is 2.21. The van der Waals surface area contributed by atoms with Gasteiger partial charge in [0.1, 0.15) is 6.61 Å². The van der Waals surface area contributed by atoms with Gasteiger partial charge in [-0.2, -0.15) is 0 Å². The van der Waals surface area contributed by atoms with Crippen LogP contribution in [0.15, 0.2) is 30.3 Å². The second-order valence-corrected chi connectivity index (χ2v) is 4.27. The van der Waals surface area contributed by atoms with Crippen molar-refractivity contribution in [2.45, 2.75) is 25.5 Å². The summed E-state index contributed by atoms with van der Waals surface area (Å²) in [4.78, 5) is 23.7. The fourth-order valence-electron chi connectivity index (χ4n) is 1.90. The third kappa shape index (κ3) is 3.00. The summed E-state index contributed by atoms with van der Waals surface area (Å²) in [5, 5.41) is 8.68. The smallest absolute Gasteiger partial charge is 0.410 e. The van der Waals surface area contributed by atoms with E-state index >= 15 is 0 Å². The van der Waals surface area contributed by atoms with Gasteiger partial charge in [0.15, 0.2) is 0 Å². The number of carbonyl (C=O) groups excluding carboxylic acids is 1. The Hall–Kier alpha value is -2.04. The van der Waals surface area contributed by atoms with E-state index in [0.717, 1.165) is 12.0 Å². The summed E-state index contributed by atoms with van der Waals surface area (Å²) < 4.78 is 5.14. The summed E-state index contributed by atoms with van der Waals surface area (Å²) >= 11 is 0. The Balaban J connectivity index is 1.80. The van der Waals surface area contributed by atoms with Crippen molar-refractivity contribution in [3.63, 3.8) is 0 Å². The highest BCUT2D eigenvalue weighted by Gasteiger charge is 2.34. The van der Waals surface area contributed by atoms with Gasteiger partial charge >= 0.3 is 12.1 Å². The minimum atomic E-state index is -0.888. The fraction of sp³-hybridized carbons (Fsp3) is 0.385. The van der Waals surface area contributed by atoms with Gasteiger partial charge in [-0.25, -0.2) is 4.79 Å². The van der Waals surface area contributed by atoms with Gasteiger partial charge in [-0.05, 0) is 12.0 Å². The Bertz CT molecular complexity index is 432. The average molecular weight is 249 g/mol. The van der Waals surface area contributed by atoms with Crippen LogP contribution in [0.2, 0.25) is 0 Å². The molecule has 1 aromatic carbocycles. The Labute approximate surface area is 105 Å². The number of rotatable bonds is 4. The van der Waals surface area contributed by atoms with Crippen molar-refractivity contribution in [3.8, 4) is 0 Å². The monoisotopic (exact) mass is 249 g/mol. The van der Waals surface area contributed by atoms with Crippen molar-refractivity contribution in [1.82, 2.24) is 4.90 Å². The van der Waals surface area contributed by atoms with E-state index in [4.69, 9.17) is 9.84 Å². The van der Waals surface area contributed by atoms with Crippen molar-refractivity contribution in [2.24, 2.45) is 0 Å². The molecule has 5 heteroatoms. The van der Waals surface area contributed by atoms with Crippen LogP contribution in [-0.2, 0) is 16.1 Å². The van der Waals surface area contributed by atoms with Gasteiger partial charge in [-0.15, -0.1) is 0 Å². The number of ether oxygens (including phenoxy) is 1. The number of benzene rings is 1. The molecule has 2 rings (SSSR count). The van der Waals surface area contributed by atoms with E-state index in [1.165, 1.54) is 4.90 Å². The van der Waals surface area contributed by atoms with E-state index in [1.807, 2.05) is 30.3 Å². The maximum absolute atomic E-state index is 11.7. The molecule has 1 amide bonds. The maximum atomic E-state index is 11.7. The first-order valence-electron chi connectivity index (χ1n) is 5.86. The number of hydrogen-bond donors (Lipinski definition) is 1. The molecule has 1 aromatic rings. The van der Waals surface area contributed by atoms with Crippen LogP contribution in [0.3, 0.4) is 0 Å². The summed E-state index contributed by atoms with van der Waals surface area (Å²) in [6.07, 6.45) is 0.282. The molecule has 1 fully saturated rings. The predicted molar refractivity (Wildman–Crippen MR) is 64.0 cm³/mol. The van der Waals surface area contributed by atoms with E-state index in [1.54, 1.807) is 0 Å². The number of likely N-dealkylation sites (tertiary alicyclic amines) is 1. The number of amides is 1. The minimum Gasteiger partial charge on any atom is -0.481 e. The quantitative estimate of drug-likeness (QED) is 0.884. The van der Waals surface area contributed by atoms with Crippen LogP contribution >= 0.6 is 0 Å². The average Bonchev–Trinajstić information content (AvgIpc) is 2.33. The van der Waals surface area contributed by atoms with Crippen LogP contribution < -0.4 is 0 Å². The first kappa shape index (κ1) is 12.4. The van der Waals surface area contributed by atoms with E-state index in [9.17, 15) is 9.59 Å². The summed E-state index contributed by atoms with van der Waals surface area (Å²) in [7, 11) is 0. The van der Waals surface area contributed by atoms with Crippen LogP contribution in [-0.4, -0.2) is 34.7 Å². The summed E-state index contributed by atoms with van der Waals surface area (Å²) in [5.41, 5.74) is 0.918. The molecular weight excluding hydrogens is 234 g/mol. The highest BCUT2D eigenvalue weighted by molar-refractivity contribution is 5.72. The third-order valence-corrected chi connectivity index (χ3v) is 2.99. The highest BCUT2D eigenvalue weighted by atomic mass is 16.6. The fourth-order valence-corrected chi connectivity index (χ4v) is 1.90. The number of carboxylic acids is 1. The lowest BCUT2D eigenvalue weighted by molar-refractivity contribution is -0.139. The molecule has 18 heavy (non-hydrogen) atoms. The number of hydrogen-bond acceptors (Lipinski definition) is 3. The van der Waals surface area contributed by atoms with Gasteiger partial charge in [0.05, 0.1) is 6.42 Å². The molecule has 1 aliphatic rings. The lowest BCUT2D eigenvalue weighted by atomic mass is 10.0. The first-order valence-corrected chi connectivity index (χ1v) is 5.86. The molecule has 1 unspecified atom stereocenters. The number of nitrogens with zero attached hydrogens (tertiary/aromatic N) is 1.